The zero-order chi connectivity index (χ0) is 19.2. The Bertz CT molecular complexity index is 722. The van der Waals surface area contributed by atoms with E-state index in [1.807, 2.05) is 0 Å². The number of likely N-dealkylation sites (tertiary alicyclic amines) is 1. The van der Waals surface area contributed by atoms with Gasteiger partial charge in [-0.15, -0.1) is 0 Å². The summed E-state index contributed by atoms with van der Waals surface area (Å²) in [6, 6.07) is 7.38. The minimum atomic E-state index is -3.68. The van der Waals surface area contributed by atoms with Gasteiger partial charge in [-0.3, -0.25) is 14.5 Å². The van der Waals surface area contributed by atoms with E-state index in [2.05, 4.69) is 4.72 Å². The van der Waals surface area contributed by atoms with Crippen LogP contribution in [0.3, 0.4) is 0 Å². The lowest BCUT2D eigenvalue weighted by molar-refractivity contribution is -0.142. The van der Waals surface area contributed by atoms with Gasteiger partial charge in [0.1, 0.15) is 6.04 Å². The van der Waals surface area contributed by atoms with Crippen molar-refractivity contribution in [3.8, 4) is 0 Å². The molecule has 2 atom stereocenters. The maximum atomic E-state index is 12.5. The molecule has 0 amide bonds. The molecule has 1 aromatic carbocycles. The van der Waals surface area contributed by atoms with Crippen molar-refractivity contribution in [2.75, 3.05) is 13.1 Å². The van der Waals surface area contributed by atoms with Gasteiger partial charge in [-0.25, -0.2) is 13.1 Å². The number of carbonyl (C=O) groups is 2. The first-order valence-electron chi connectivity index (χ1n) is 8.49. The summed E-state index contributed by atoms with van der Waals surface area (Å²) in [4.78, 5) is 23.9. The average Bonchev–Trinajstić information content (AvgIpc) is 3.01. The molecule has 2 rings (SSSR count). The number of nitrogens with zero attached hydrogens (tertiary/aromatic N) is 1. The highest BCUT2D eigenvalue weighted by molar-refractivity contribution is 7.88. The second kappa shape index (κ2) is 9.11. The first kappa shape index (κ1) is 20.3. The van der Waals surface area contributed by atoms with Crippen molar-refractivity contribution < 1.29 is 28.2 Å². The van der Waals surface area contributed by atoms with E-state index in [4.69, 9.17) is 5.11 Å². The Morgan fingerprint density at radius 2 is 1.92 bits per heavy atom. The number of hydrogen-bond donors (Lipinski definition) is 3. The van der Waals surface area contributed by atoms with E-state index in [9.17, 15) is 23.1 Å². The summed E-state index contributed by atoms with van der Waals surface area (Å²) in [7, 11) is -3.68. The van der Waals surface area contributed by atoms with Gasteiger partial charge < -0.3 is 10.2 Å². The molecule has 0 aliphatic carbocycles. The normalized spacial score (nSPS) is 19.3. The Labute approximate surface area is 152 Å². The molecule has 1 aromatic rings. The number of carboxylic acid groups (broad SMARTS) is 2. The molecule has 144 valence electrons. The van der Waals surface area contributed by atoms with Crippen LogP contribution in [0.1, 0.15) is 31.2 Å². The van der Waals surface area contributed by atoms with Gasteiger partial charge in [0.25, 0.3) is 0 Å². The third-order valence-electron chi connectivity index (χ3n) is 4.36. The second-order valence-corrected chi connectivity index (χ2v) is 8.24. The van der Waals surface area contributed by atoms with Crippen molar-refractivity contribution in [1.29, 1.82) is 0 Å². The van der Waals surface area contributed by atoms with Crippen molar-refractivity contribution >= 4 is 22.0 Å². The van der Waals surface area contributed by atoms with Crippen LogP contribution in [0.5, 0.6) is 0 Å². The van der Waals surface area contributed by atoms with Crippen LogP contribution in [0.15, 0.2) is 30.3 Å². The molecular formula is C17H24N2O6S. The van der Waals surface area contributed by atoms with Crippen LogP contribution in [-0.4, -0.2) is 60.6 Å². The molecule has 1 aliphatic heterocycles. The third-order valence-corrected chi connectivity index (χ3v) is 5.76. The zero-order valence-electron chi connectivity index (χ0n) is 14.4. The maximum Gasteiger partial charge on any atom is 0.320 e. The molecule has 0 aromatic heterocycles. The molecule has 1 saturated heterocycles. The molecule has 0 saturated carbocycles. The van der Waals surface area contributed by atoms with Gasteiger partial charge >= 0.3 is 11.9 Å². The van der Waals surface area contributed by atoms with Gasteiger partial charge in [0.2, 0.25) is 10.0 Å². The summed E-state index contributed by atoms with van der Waals surface area (Å²) in [6.45, 7) is 0.735. The fraction of sp³-hybridized carbons (Fsp3) is 0.529. The minimum Gasteiger partial charge on any atom is -0.481 e. The molecule has 0 spiro atoms. The Kier molecular flexibility index (Phi) is 7.13. The second-order valence-electron chi connectivity index (χ2n) is 6.48. The topological polar surface area (TPSA) is 124 Å². The van der Waals surface area contributed by atoms with Gasteiger partial charge in [-0.1, -0.05) is 30.3 Å². The van der Waals surface area contributed by atoms with Crippen LogP contribution < -0.4 is 4.72 Å². The molecule has 0 bridgehead atoms. The summed E-state index contributed by atoms with van der Waals surface area (Å²) >= 11 is 0. The molecule has 1 aliphatic rings. The lowest BCUT2D eigenvalue weighted by Crippen LogP contribution is -2.47. The lowest BCUT2D eigenvalue weighted by Gasteiger charge is -2.27. The van der Waals surface area contributed by atoms with E-state index in [0.717, 1.165) is 6.42 Å². The quantitative estimate of drug-likeness (QED) is 0.547. The van der Waals surface area contributed by atoms with E-state index in [1.54, 1.807) is 35.2 Å². The van der Waals surface area contributed by atoms with E-state index < -0.39 is 34.0 Å². The first-order valence-corrected chi connectivity index (χ1v) is 10.1. The highest BCUT2D eigenvalue weighted by Gasteiger charge is 2.33. The Hall–Kier alpha value is -1.97. The minimum absolute atomic E-state index is 0.103. The zero-order valence-corrected chi connectivity index (χ0v) is 15.2. The standard InChI is InChI=1S/C17H24N2O6S/c20-16(21)9-8-14(11-19-10-4-7-15(19)17(22)23)18-26(24,25)12-13-5-2-1-3-6-13/h1-3,5-6,14-15,18H,4,7-12H2,(H,20,21)(H,22,23)/t14-,15+/m1/s1. The van der Waals surface area contributed by atoms with Crippen molar-refractivity contribution in [2.45, 2.75) is 43.5 Å². The first-order chi connectivity index (χ1) is 12.3. The Balaban J connectivity index is 2.05. The van der Waals surface area contributed by atoms with Crippen LogP contribution >= 0.6 is 0 Å². The molecule has 1 heterocycles. The van der Waals surface area contributed by atoms with Gasteiger partial charge in [-0.2, -0.15) is 0 Å². The predicted octanol–water partition coefficient (Wildman–Crippen LogP) is 0.888. The monoisotopic (exact) mass is 384 g/mol. The highest BCUT2D eigenvalue weighted by atomic mass is 32.2. The molecule has 26 heavy (non-hydrogen) atoms. The summed E-state index contributed by atoms with van der Waals surface area (Å²) < 4.78 is 27.5. The van der Waals surface area contributed by atoms with E-state index in [-0.39, 0.29) is 25.1 Å². The summed E-state index contributed by atoms with van der Waals surface area (Å²) in [5.41, 5.74) is 0.626. The fourth-order valence-electron chi connectivity index (χ4n) is 3.18. The SMILES string of the molecule is O=C(O)CC[C@H](CN1CCC[C@H]1C(=O)O)NS(=O)(=O)Cc1ccccc1. The molecule has 9 heteroatoms. The number of sulfonamides is 1. The molecule has 3 N–H and O–H groups in total. The number of rotatable bonds is 10. The van der Waals surface area contributed by atoms with Crippen LogP contribution in [0.25, 0.3) is 0 Å². The van der Waals surface area contributed by atoms with Crippen LogP contribution in [0, 0.1) is 0 Å². The van der Waals surface area contributed by atoms with Crippen LogP contribution in [-0.2, 0) is 25.4 Å². The maximum absolute atomic E-state index is 12.5. The van der Waals surface area contributed by atoms with Crippen LogP contribution in [0.2, 0.25) is 0 Å². The molecular weight excluding hydrogens is 360 g/mol. The average molecular weight is 384 g/mol. The van der Waals surface area contributed by atoms with Crippen molar-refractivity contribution in [3.63, 3.8) is 0 Å². The van der Waals surface area contributed by atoms with E-state index in [0.29, 0.717) is 18.5 Å². The number of hydrogen-bond acceptors (Lipinski definition) is 5. The van der Waals surface area contributed by atoms with Gasteiger partial charge in [0, 0.05) is 19.0 Å². The van der Waals surface area contributed by atoms with Gasteiger partial charge in [0.15, 0.2) is 0 Å². The third kappa shape index (κ3) is 6.40. The summed E-state index contributed by atoms with van der Waals surface area (Å²) in [5, 5.41) is 18.2. The van der Waals surface area contributed by atoms with E-state index in [1.165, 1.54) is 0 Å². The molecule has 1 fully saturated rings. The summed E-state index contributed by atoms with van der Waals surface area (Å²) in [6.07, 6.45) is 1.15. The highest BCUT2D eigenvalue weighted by Crippen LogP contribution is 2.19. The Morgan fingerprint density at radius 3 is 2.54 bits per heavy atom. The van der Waals surface area contributed by atoms with Crippen molar-refractivity contribution in [3.05, 3.63) is 35.9 Å². The number of nitrogens with one attached hydrogen (secondary N) is 1. The Morgan fingerprint density at radius 1 is 1.23 bits per heavy atom. The number of benzene rings is 1. The number of carboxylic acids is 2. The molecule has 0 unspecified atom stereocenters. The van der Waals surface area contributed by atoms with Crippen LogP contribution in [0.4, 0.5) is 0 Å². The molecule has 8 nitrogen and oxygen atoms in total. The van der Waals surface area contributed by atoms with Crippen molar-refractivity contribution in [2.24, 2.45) is 0 Å². The van der Waals surface area contributed by atoms with Gasteiger partial charge in [-0.05, 0) is 31.4 Å². The predicted molar refractivity (Wildman–Crippen MR) is 95.1 cm³/mol. The smallest absolute Gasteiger partial charge is 0.320 e. The van der Waals surface area contributed by atoms with E-state index >= 15 is 0 Å². The van der Waals surface area contributed by atoms with Gasteiger partial charge in [0.05, 0.1) is 5.75 Å². The molecule has 0 radical (unpaired) electrons. The van der Waals surface area contributed by atoms with Crippen molar-refractivity contribution in [1.82, 2.24) is 9.62 Å². The lowest BCUT2D eigenvalue weighted by atomic mass is 10.1. The number of aliphatic carboxylic acids is 2. The fourth-order valence-corrected chi connectivity index (χ4v) is 4.60. The largest absolute Gasteiger partial charge is 0.481 e. The summed E-state index contributed by atoms with van der Waals surface area (Å²) in [5.74, 6) is -2.17.